The van der Waals surface area contributed by atoms with Crippen LogP contribution in [0.2, 0.25) is 0 Å². The summed E-state index contributed by atoms with van der Waals surface area (Å²) in [5.74, 6) is 0.340. The van der Waals surface area contributed by atoms with Gasteiger partial charge in [0, 0.05) is 5.92 Å². The Morgan fingerprint density at radius 1 is 0.542 bits per heavy atom. The number of fused-ring (bicyclic) bond motifs is 1. The molecule has 0 fully saturated rings. The van der Waals surface area contributed by atoms with Crippen LogP contribution in [0.25, 0.3) is 21.9 Å². The van der Waals surface area contributed by atoms with Gasteiger partial charge in [0.1, 0.15) is 0 Å². The molecule has 0 aromatic heterocycles. The molecule has 0 heteroatoms. The highest BCUT2D eigenvalue weighted by Gasteiger charge is 2.15. The fraction of sp³-hybridized carbons (Fsp3) is 0.0833. The minimum atomic E-state index is 0.340. The van der Waals surface area contributed by atoms with Crippen molar-refractivity contribution in [2.75, 3.05) is 0 Å². The topological polar surface area (TPSA) is 0 Å². The zero-order valence-electron chi connectivity index (χ0n) is 13.8. The SMILES string of the molecule is CC(c1ccccc1-c1ccccc1)c1cccc2ccccc12. The van der Waals surface area contributed by atoms with Gasteiger partial charge in [-0.25, -0.2) is 0 Å². The van der Waals surface area contributed by atoms with E-state index in [4.69, 9.17) is 0 Å². The van der Waals surface area contributed by atoms with Crippen LogP contribution in [0.5, 0.6) is 0 Å². The number of hydrogen-bond acceptors (Lipinski definition) is 0. The van der Waals surface area contributed by atoms with E-state index in [2.05, 4.69) is 104 Å². The van der Waals surface area contributed by atoms with Gasteiger partial charge in [0.2, 0.25) is 0 Å². The van der Waals surface area contributed by atoms with E-state index >= 15 is 0 Å². The van der Waals surface area contributed by atoms with Crippen LogP contribution in [0.3, 0.4) is 0 Å². The first-order chi connectivity index (χ1) is 11.8. The van der Waals surface area contributed by atoms with Crippen molar-refractivity contribution in [3.05, 3.63) is 108 Å². The molecule has 0 saturated heterocycles. The van der Waals surface area contributed by atoms with Crippen molar-refractivity contribution < 1.29 is 0 Å². The van der Waals surface area contributed by atoms with Crippen molar-refractivity contribution in [2.45, 2.75) is 12.8 Å². The molecule has 4 aromatic carbocycles. The molecule has 0 aliphatic rings. The number of benzene rings is 4. The molecule has 0 nitrogen and oxygen atoms in total. The van der Waals surface area contributed by atoms with Gasteiger partial charge in [0.25, 0.3) is 0 Å². The zero-order valence-corrected chi connectivity index (χ0v) is 13.8. The standard InChI is InChI=1S/C24H20/c1-18(22-17-9-13-20-12-5-6-15-24(20)22)21-14-7-8-16-23(21)19-10-3-2-4-11-19/h2-18H,1H3. The quantitative estimate of drug-likeness (QED) is 0.397. The summed E-state index contributed by atoms with van der Waals surface area (Å²) in [5, 5.41) is 2.65. The fourth-order valence-corrected chi connectivity index (χ4v) is 3.55. The predicted octanol–water partition coefficient (Wildman–Crippen LogP) is 6.66. The molecule has 0 aliphatic heterocycles. The van der Waals surface area contributed by atoms with E-state index in [1.807, 2.05) is 0 Å². The van der Waals surface area contributed by atoms with Crippen molar-refractivity contribution in [1.82, 2.24) is 0 Å². The minimum absolute atomic E-state index is 0.340. The second kappa shape index (κ2) is 6.33. The maximum Gasteiger partial charge on any atom is 0.00733 e. The third-order valence-corrected chi connectivity index (χ3v) is 4.80. The summed E-state index contributed by atoms with van der Waals surface area (Å²) in [5.41, 5.74) is 5.36. The molecule has 0 bridgehead atoms. The Morgan fingerprint density at radius 3 is 2.04 bits per heavy atom. The first kappa shape index (κ1) is 14.7. The molecule has 1 atom stereocenters. The summed E-state index contributed by atoms with van der Waals surface area (Å²) in [6.07, 6.45) is 0. The van der Waals surface area contributed by atoms with E-state index in [0.717, 1.165) is 0 Å². The Morgan fingerprint density at radius 2 is 1.17 bits per heavy atom. The van der Waals surface area contributed by atoms with Gasteiger partial charge in [-0.3, -0.25) is 0 Å². The molecule has 4 rings (SSSR count). The van der Waals surface area contributed by atoms with Gasteiger partial charge in [-0.2, -0.15) is 0 Å². The Bertz CT molecular complexity index is 962. The molecule has 4 aromatic rings. The summed E-state index contributed by atoms with van der Waals surface area (Å²) in [6.45, 7) is 2.31. The molecule has 0 amide bonds. The van der Waals surface area contributed by atoms with Gasteiger partial charge >= 0.3 is 0 Å². The molecule has 24 heavy (non-hydrogen) atoms. The van der Waals surface area contributed by atoms with Crippen LogP contribution in [0.4, 0.5) is 0 Å². The van der Waals surface area contributed by atoms with Crippen molar-refractivity contribution in [3.63, 3.8) is 0 Å². The molecule has 0 saturated carbocycles. The van der Waals surface area contributed by atoms with E-state index in [0.29, 0.717) is 5.92 Å². The van der Waals surface area contributed by atoms with Crippen LogP contribution >= 0.6 is 0 Å². The highest BCUT2D eigenvalue weighted by Crippen LogP contribution is 2.35. The average Bonchev–Trinajstić information content (AvgIpc) is 2.68. The van der Waals surface area contributed by atoms with Crippen molar-refractivity contribution in [1.29, 1.82) is 0 Å². The van der Waals surface area contributed by atoms with Crippen LogP contribution in [-0.2, 0) is 0 Å². The molecule has 0 spiro atoms. The van der Waals surface area contributed by atoms with E-state index in [9.17, 15) is 0 Å². The van der Waals surface area contributed by atoms with Crippen molar-refractivity contribution in [2.24, 2.45) is 0 Å². The summed E-state index contributed by atoms with van der Waals surface area (Å²) < 4.78 is 0. The van der Waals surface area contributed by atoms with Crippen molar-refractivity contribution in [3.8, 4) is 11.1 Å². The highest BCUT2D eigenvalue weighted by atomic mass is 14.2. The Hall–Kier alpha value is -2.86. The van der Waals surface area contributed by atoms with Gasteiger partial charge < -0.3 is 0 Å². The molecule has 0 aliphatic carbocycles. The monoisotopic (exact) mass is 308 g/mol. The van der Waals surface area contributed by atoms with E-state index < -0.39 is 0 Å². The van der Waals surface area contributed by atoms with Gasteiger partial charge in [-0.05, 0) is 33.0 Å². The van der Waals surface area contributed by atoms with Gasteiger partial charge in [0.15, 0.2) is 0 Å². The van der Waals surface area contributed by atoms with Crippen LogP contribution in [0, 0.1) is 0 Å². The molecular formula is C24H20. The third-order valence-electron chi connectivity index (χ3n) is 4.80. The molecule has 116 valence electrons. The van der Waals surface area contributed by atoms with Crippen LogP contribution in [0.1, 0.15) is 24.0 Å². The van der Waals surface area contributed by atoms with Gasteiger partial charge in [0.05, 0.1) is 0 Å². The van der Waals surface area contributed by atoms with E-state index in [-0.39, 0.29) is 0 Å². The maximum atomic E-state index is 2.31. The molecular weight excluding hydrogens is 288 g/mol. The van der Waals surface area contributed by atoms with Crippen molar-refractivity contribution >= 4 is 10.8 Å². The lowest BCUT2D eigenvalue weighted by Gasteiger charge is -2.19. The number of hydrogen-bond donors (Lipinski definition) is 0. The molecule has 0 heterocycles. The summed E-state index contributed by atoms with van der Waals surface area (Å²) >= 11 is 0. The third kappa shape index (κ3) is 2.61. The van der Waals surface area contributed by atoms with E-state index in [1.54, 1.807) is 0 Å². The smallest absolute Gasteiger partial charge is 0.00733 e. The first-order valence-electron chi connectivity index (χ1n) is 8.46. The predicted molar refractivity (Wildman–Crippen MR) is 103 cm³/mol. The van der Waals surface area contributed by atoms with Gasteiger partial charge in [-0.1, -0.05) is 104 Å². The molecule has 1 unspecified atom stereocenters. The Balaban J connectivity index is 1.88. The lowest BCUT2D eigenvalue weighted by Crippen LogP contribution is -1.99. The highest BCUT2D eigenvalue weighted by molar-refractivity contribution is 5.87. The lowest BCUT2D eigenvalue weighted by molar-refractivity contribution is 0.935. The zero-order chi connectivity index (χ0) is 16.4. The second-order valence-electron chi connectivity index (χ2n) is 6.24. The average molecular weight is 308 g/mol. The largest absolute Gasteiger partial charge is 0.0622 e. The van der Waals surface area contributed by atoms with Gasteiger partial charge in [-0.15, -0.1) is 0 Å². The maximum absolute atomic E-state index is 2.31. The summed E-state index contributed by atoms with van der Waals surface area (Å²) in [6, 6.07) is 34.7. The summed E-state index contributed by atoms with van der Waals surface area (Å²) in [4.78, 5) is 0. The normalized spacial score (nSPS) is 12.2. The first-order valence-corrected chi connectivity index (χ1v) is 8.46. The lowest BCUT2D eigenvalue weighted by atomic mass is 9.85. The van der Waals surface area contributed by atoms with Crippen LogP contribution in [-0.4, -0.2) is 0 Å². The molecule has 0 N–H and O–H groups in total. The molecule has 0 radical (unpaired) electrons. The van der Waals surface area contributed by atoms with E-state index in [1.165, 1.54) is 33.0 Å². The Kier molecular flexibility index (Phi) is 3.88. The Labute approximate surface area is 143 Å². The van der Waals surface area contributed by atoms with Crippen LogP contribution in [0.15, 0.2) is 97.1 Å². The fourth-order valence-electron chi connectivity index (χ4n) is 3.55. The number of rotatable bonds is 3. The van der Waals surface area contributed by atoms with Crippen LogP contribution < -0.4 is 0 Å². The second-order valence-corrected chi connectivity index (χ2v) is 6.24. The summed E-state index contributed by atoms with van der Waals surface area (Å²) in [7, 11) is 0. The minimum Gasteiger partial charge on any atom is -0.0622 e.